The number of para-hydroxylation sites is 2. The highest BCUT2D eigenvalue weighted by atomic mass is 14.9. The van der Waals surface area contributed by atoms with Crippen LogP contribution in [0.4, 0.5) is 0 Å². The van der Waals surface area contributed by atoms with Crippen LogP contribution in [0.25, 0.3) is 21.8 Å². The second-order valence-corrected chi connectivity index (χ2v) is 9.20. The molecule has 1 aliphatic rings. The summed E-state index contributed by atoms with van der Waals surface area (Å²) in [5.74, 6) is 0. The zero-order valence-corrected chi connectivity index (χ0v) is 18.5. The number of nitrogens with zero attached hydrogens (tertiary/aromatic N) is 3. The van der Waals surface area contributed by atoms with E-state index >= 15 is 0 Å². The normalized spacial score (nSPS) is 13.9. The maximum Gasteiger partial charge on any atom is 0.328 e. The number of nitriles is 2. The summed E-state index contributed by atoms with van der Waals surface area (Å²) < 4.78 is 2.24. The van der Waals surface area contributed by atoms with Crippen molar-refractivity contribution in [2.24, 2.45) is 0 Å². The topological polar surface area (TPSA) is 52.5 Å². The molecule has 0 spiro atoms. The minimum absolute atomic E-state index is 0.144. The molecule has 0 saturated heterocycles. The molecule has 5 aromatic rings. The largest absolute Gasteiger partial charge is 0.374 e. The lowest BCUT2D eigenvalue weighted by Gasteiger charge is -2.39. The lowest BCUT2D eigenvalue weighted by molar-refractivity contribution is 0.645. The average molecular weight is 421 g/mol. The van der Waals surface area contributed by atoms with E-state index in [-0.39, 0.29) is 12.3 Å². The van der Waals surface area contributed by atoms with E-state index in [9.17, 15) is 10.5 Å². The van der Waals surface area contributed by atoms with Gasteiger partial charge in [-0.15, -0.1) is 0 Å². The Balaban J connectivity index is 1.87. The van der Waals surface area contributed by atoms with E-state index in [1.165, 1.54) is 22.1 Å². The molecule has 3 nitrogen and oxygen atoms in total. The average Bonchev–Trinajstić information content (AvgIpc) is 3.19. The second-order valence-electron chi connectivity index (χ2n) is 9.20. The molecule has 1 aliphatic heterocycles. The highest BCUT2D eigenvalue weighted by molar-refractivity contribution is 6.86. The first-order valence-electron chi connectivity index (χ1n) is 11.1. The van der Waals surface area contributed by atoms with Gasteiger partial charge in [0.05, 0.1) is 22.2 Å². The number of hydrogen-bond donors (Lipinski definition) is 0. The molecule has 2 heterocycles. The summed E-state index contributed by atoms with van der Waals surface area (Å²) in [6.45, 7) is 4.40. The summed E-state index contributed by atoms with van der Waals surface area (Å²) >= 11 is 0. The molecule has 0 saturated carbocycles. The third-order valence-electron chi connectivity index (χ3n) is 7.20. The van der Waals surface area contributed by atoms with Gasteiger partial charge in [0, 0.05) is 16.2 Å². The molecule has 0 unspecified atom stereocenters. The van der Waals surface area contributed by atoms with E-state index in [0.717, 1.165) is 21.8 Å². The van der Waals surface area contributed by atoms with Gasteiger partial charge in [0.15, 0.2) is 0 Å². The van der Waals surface area contributed by atoms with Crippen LogP contribution >= 0.6 is 0 Å². The monoisotopic (exact) mass is 421 g/mol. The van der Waals surface area contributed by atoms with Crippen LogP contribution < -0.4 is 10.9 Å². The van der Waals surface area contributed by atoms with Crippen molar-refractivity contribution < 1.29 is 0 Å². The Morgan fingerprint density at radius 3 is 1.55 bits per heavy atom. The van der Waals surface area contributed by atoms with Crippen LogP contribution in [-0.4, -0.2) is 11.3 Å². The van der Waals surface area contributed by atoms with Crippen molar-refractivity contribution in [3.63, 3.8) is 0 Å². The van der Waals surface area contributed by atoms with Crippen molar-refractivity contribution in [3.05, 3.63) is 107 Å². The summed E-state index contributed by atoms with van der Waals surface area (Å²) in [7, 11) is 0. The number of fused-ring (bicyclic) bond motifs is 5. The fourth-order valence-corrected chi connectivity index (χ4v) is 5.79. The summed E-state index contributed by atoms with van der Waals surface area (Å²) in [4.78, 5) is 0. The molecule has 4 heteroatoms. The fourth-order valence-electron chi connectivity index (χ4n) is 5.79. The third-order valence-corrected chi connectivity index (χ3v) is 7.20. The molecule has 0 aliphatic carbocycles. The first-order chi connectivity index (χ1) is 16.1. The molecule has 0 fully saturated rings. The molecule has 0 atom stereocenters. The summed E-state index contributed by atoms with van der Waals surface area (Å²) in [5, 5.41) is 22.1. The van der Waals surface area contributed by atoms with Crippen molar-refractivity contribution in [3.8, 4) is 12.1 Å². The van der Waals surface area contributed by atoms with Crippen LogP contribution in [-0.2, 0) is 5.41 Å². The highest BCUT2D eigenvalue weighted by Crippen LogP contribution is 2.37. The Bertz CT molecular complexity index is 1560. The summed E-state index contributed by atoms with van der Waals surface area (Å²) in [5.41, 5.74) is 7.80. The van der Waals surface area contributed by atoms with E-state index in [0.29, 0.717) is 11.1 Å². The maximum absolute atomic E-state index is 10.1. The molecule has 0 N–H and O–H groups in total. The second kappa shape index (κ2) is 6.86. The van der Waals surface area contributed by atoms with E-state index < -0.39 is 0 Å². The van der Waals surface area contributed by atoms with Crippen molar-refractivity contribution in [1.82, 2.24) is 4.48 Å². The van der Waals surface area contributed by atoms with Crippen LogP contribution in [0, 0.1) is 22.7 Å². The van der Waals surface area contributed by atoms with Crippen LogP contribution in [0.1, 0.15) is 36.1 Å². The van der Waals surface area contributed by atoms with E-state index in [1.807, 2.05) is 24.3 Å². The predicted molar refractivity (Wildman–Crippen MR) is 134 cm³/mol. The first kappa shape index (κ1) is 19.4. The van der Waals surface area contributed by atoms with Crippen LogP contribution in [0.3, 0.4) is 0 Å². The SMILES string of the molecule is CC1(C)c2ccccc2B(n2c3c(C#N)cccc3c3cccc(C#N)c32)c2ccccc21. The van der Waals surface area contributed by atoms with Gasteiger partial charge in [-0.25, -0.2) is 0 Å². The van der Waals surface area contributed by atoms with Crippen molar-refractivity contribution in [2.75, 3.05) is 0 Å². The highest BCUT2D eigenvalue weighted by Gasteiger charge is 2.41. The lowest BCUT2D eigenvalue weighted by Crippen LogP contribution is -2.58. The van der Waals surface area contributed by atoms with Gasteiger partial charge in [0.25, 0.3) is 0 Å². The molecule has 4 aromatic carbocycles. The Morgan fingerprint density at radius 1 is 0.636 bits per heavy atom. The predicted octanol–water partition coefficient (Wildman–Crippen LogP) is 4.83. The van der Waals surface area contributed by atoms with Crippen LogP contribution in [0.2, 0.25) is 0 Å². The van der Waals surface area contributed by atoms with E-state index in [2.05, 4.69) is 91.1 Å². The zero-order chi connectivity index (χ0) is 22.7. The lowest BCUT2D eigenvalue weighted by atomic mass is 9.41. The zero-order valence-electron chi connectivity index (χ0n) is 18.5. The third kappa shape index (κ3) is 2.50. The van der Waals surface area contributed by atoms with Gasteiger partial charge in [0.1, 0.15) is 12.1 Å². The van der Waals surface area contributed by atoms with E-state index in [1.54, 1.807) is 0 Å². The number of benzene rings is 4. The maximum atomic E-state index is 10.1. The fraction of sp³-hybridized carbons (Fsp3) is 0.103. The number of rotatable bonds is 1. The molecule has 1 aromatic heterocycles. The molecule has 154 valence electrons. The Kier molecular flexibility index (Phi) is 4.04. The molecule has 0 bridgehead atoms. The van der Waals surface area contributed by atoms with Crippen molar-refractivity contribution >= 4 is 39.6 Å². The van der Waals surface area contributed by atoms with Crippen LogP contribution in [0.15, 0.2) is 84.9 Å². The number of aromatic nitrogens is 1. The minimum atomic E-state index is -0.154. The number of hydrogen-bond acceptors (Lipinski definition) is 2. The summed E-state index contributed by atoms with van der Waals surface area (Å²) in [6.07, 6.45) is 0. The van der Waals surface area contributed by atoms with Gasteiger partial charge in [-0.05, 0) is 34.2 Å². The molecular formula is C29H20BN3. The van der Waals surface area contributed by atoms with E-state index in [4.69, 9.17) is 0 Å². The Labute approximate surface area is 193 Å². The summed E-state index contributed by atoms with van der Waals surface area (Å²) in [6, 6.07) is 33.7. The molecule has 0 amide bonds. The van der Waals surface area contributed by atoms with Gasteiger partial charge < -0.3 is 4.48 Å². The molecule has 6 rings (SSSR count). The van der Waals surface area contributed by atoms with Crippen molar-refractivity contribution in [1.29, 1.82) is 10.5 Å². The van der Waals surface area contributed by atoms with Crippen molar-refractivity contribution in [2.45, 2.75) is 19.3 Å². The standard InChI is InChI=1S/C29H20BN3/c1-29(2)23-13-3-5-15-25(23)30(26-16-6-4-14-24(26)29)33-27-19(17-31)9-7-11-21(27)22-12-8-10-20(18-32)28(22)33/h3-16H,1-2H3. The van der Waals surface area contributed by atoms with Gasteiger partial charge in [-0.3, -0.25) is 0 Å². The minimum Gasteiger partial charge on any atom is -0.374 e. The molecule has 33 heavy (non-hydrogen) atoms. The first-order valence-corrected chi connectivity index (χ1v) is 11.1. The Hall–Kier alpha value is -4.28. The smallest absolute Gasteiger partial charge is 0.328 e. The molecular weight excluding hydrogens is 401 g/mol. The van der Waals surface area contributed by atoms with Gasteiger partial charge in [0.2, 0.25) is 0 Å². The van der Waals surface area contributed by atoms with Crippen LogP contribution in [0.5, 0.6) is 0 Å². The Morgan fingerprint density at radius 2 is 1.09 bits per heavy atom. The van der Waals surface area contributed by atoms with Gasteiger partial charge >= 0.3 is 6.85 Å². The van der Waals surface area contributed by atoms with Gasteiger partial charge in [-0.1, -0.05) is 86.6 Å². The quantitative estimate of drug-likeness (QED) is 0.364. The van der Waals surface area contributed by atoms with Gasteiger partial charge in [-0.2, -0.15) is 10.5 Å². The molecule has 0 radical (unpaired) electrons.